The minimum atomic E-state index is 0.358. The molecule has 0 unspecified atom stereocenters. The van der Waals surface area contributed by atoms with Gasteiger partial charge in [-0.05, 0) is 30.3 Å². The Morgan fingerprint density at radius 1 is 0.900 bits per heavy atom. The SMILES string of the molecule is COc1ccc2c(-c3ccc(Cl)cc3)nnc(Cl)c2c1. The maximum absolute atomic E-state index is 6.12. The lowest BCUT2D eigenvalue weighted by Crippen LogP contribution is -1.92. The van der Waals surface area contributed by atoms with Crippen LogP contribution in [0.5, 0.6) is 5.75 Å². The van der Waals surface area contributed by atoms with E-state index in [0.29, 0.717) is 10.2 Å². The zero-order valence-corrected chi connectivity index (χ0v) is 12.1. The highest BCUT2D eigenvalue weighted by atomic mass is 35.5. The van der Waals surface area contributed by atoms with Crippen LogP contribution in [0.1, 0.15) is 0 Å². The van der Waals surface area contributed by atoms with Crippen LogP contribution >= 0.6 is 23.2 Å². The van der Waals surface area contributed by atoms with Gasteiger partial charge in [0, 0.05) is 21.4 Å². The number of hydrogen-bond acceptors (Lipinski definition) is 3. The highest BCUT2D eigenvalue weighted by Gasteiger charge is 2.10. The van der Waals surface area contributed by atoms with E-state index >= 15 is 0 Å². The lowest BCUT2D eigenvalue weighted by Gasteiger charge is -2.08. The van der Waals surface area contributed by atoms with Crippen LogP contribution in [0.4, 0.5) is 0 Å². The molecular formula is C15H10Cl2N2O. The van der Waals surface area contributed by atoms with Crippen molar-refractivity contribution in [2.24, 2.45) is 0 Å². The first kappa shape index (κ1) is 13.2. The molecule has 0 N–H and O–H groups in total. The van der Waals surface area contributed by atoms with Gasteiger partial charge in [-0.1, -0.05) is 35.3 Å². The molecule has 0 radical (unpaired) electrons. The van der Waals surface area contributed by atoms with Gasteiger partial charge in [-0.3, -0.25) is 0 Å². The molecule has 0 aliphatic rings. The number of hydrogen-bond donors (Lipinski definition) is 0. The molecule has 0 fully saturated rings. The van der Waals surface area contributed by atoms with E-state index in [9.17, 15) is 0 Å². The van der Waals surface area contributed by atoms with Gasteiger partial charge >= 0.3 is 0 Å². The molecule has 1 aromatic heterocycles. The molecule has 0 aliphatic carbocycles. The Balaban J connectivity index is 2.26. The zero-order chi connectivity index (χ0) is 14.1. The van der Waals surface area contributed by atoms with Gasteiger partial charge in [0.15, 0.2) is 5.15 Å². The van der Waals surface area contributed by atoms with Gasteiger partial charge in [0.1, 0.15) is 11.4 Å². The van der Waals surface area contributed by atoms with Crippen LogP contribution in [0, 0.1) is 0 Å². The van der Waals surface area contributed by atoms with Crippen molar-refractivity contribution in [3.8, 4) is 17.0 Å². The molecule has 0 atom stereocenters. The first-order valence-electron chi connectivity index (χ1n) is 5.95. The molecule has 3 aromatic rings. The van der Waals surface area contributed by atoms with Gasteiger partial charge in [0.25, 0.3) is 0 Å². The van der Waals surface area contributed by atoms with Crippen molar-refractivity contribution in [2.45, 2.75) is 0 Å². The van der Waals surface area contributed by atoms with E-state index in [0.717, 1.165) is 27.8 Å². The third-order valence-corrected chi connectivity index (χ3v) is 3.59. The van der Waals surface area contributed by atoms with Crippen LogP contribution in [-0.2, 0) is 0 Å². The summed E-state index contributed by atoms with van der Waals surface area (Å²) in [5.41, 5.74) is 1.71. The van der Waals surface area contributed by atoms with Crippen LogP contribution in [0.2, 0.25) is 10.2 Å². The number of benzene rings is 2. The summed E-state index contributed by atoms with van der Waals surface area (Å²) in [7, 11) is 1.61. The van der Waals surface area contributed by atoms with E-state index in [1.165, 1.54) is 0 Å². The smallest absolute Gasteiger partial charge is 0.159 e. The summed E-state index contributed by atoms with van der Waals surface area (Å²) in [6, 6.07) is 13.1. The average Bonchev–Trinajstić information content (AvgIpc) is 2.49. The molecule has 0 aliphatic heterocycles. The number of nitrogens with zero attached hydrogens (tertiary/aromatic N) is 2. The normalized spacial score (nSPS) is 10.8. The molecule has 0 saturated carbocycles. The molecule has 3 rings (SSSR count). The molecule has 20 heavy (non-hydrogen) atoms. The lowest BCUT2D eigenvalue weighted by atomic mass is 10.1. The summed E-state index contributed by atoms with van der Waals surface area (Å²) in [6.45, 7) is 0. The van der Waals surface area contributed by atoms with Crippen molar-refractivity contribution >= 4 is 34.0 Å². The van der Waals surface area contributed by atoms with E-state index in [1.54, 1.807) is 7.11 Å². The Labute approximate surface area is 126 Å². The van der Waals surface area contributed by atoms with E-state index < -0.39 is 0 Å². The quantitative estimate of drug-likeness (QED) is 0.693. The number of fused-ring (bicyclic) bond motifs is 1. The second-order valence-electron chi connectivity index (χ2n) is 4.26. The van der Waals surface area contributed by atoms with Crippen molar-refractivity contribution in [3.63, 3.8) is 0 Å². The number of ether oxygens (including phenoxy) is 1. The van der Waals surface area contributed by atoms with Crippen LogP contribution in [0.3, 0.4) is 0 Å². The Kier molecular flexibility index (Phi) is 3.47. The number of methoxy groups -OCH3 is 1. The van der Waals surface area contributed by atoms with Gasteiger partial charge in [-0.15, -0.1) is 10.2 Å². The standard InChI is InChI=1S/C15H10Cl2N2O/c1-20-11-6-7-12-13(8-11)15(17)19-18-14(12)9-2-4-10(16)5-3-9/h2-8H,1H3. The number of aromatic nitrogens is 2. The van der Waals surface area contributed by atoms with Crippen molar-refractivity contribution in [3.05, 3.63) is 52.6 Å². The second kappa shape index (κ2) is 5.27. The predicted molar refractivity (Wildman–Crippen MR) is 81.5 cm³/mol. The van der Waals surface area contributed by atoms with Gasteiger partial charge in [0.05, 0.1) is 7.11 Å². The molecule has 0 spiro atoms. The predicted octanol–water partition coefficient (Wildman–Crippen LogP) is 4.61. The molecule has 100 valence electrons. The summed E-state index contributed by atoms with van der Waals surface area (Å²) < 4.78 is 5.21. The lowest BCUT2D eigenvalue weighted by molar-refractivity contribution is 0.415. The fraction of sp³-hybridized carbons (Fsp3) is 0.0667. The summed E-state index contributed by atoms with van der Waals surface area (Å²) in [4.78, 5) is 0. The molecule has 5 heteroatoms. The molecular weight excluding hydrogens is 295 g/mol. The van der Waals surface area contributed by atoms with E-state index in [2.05, 4.69) is 10.2 Å². The summed E-state index contributed by atoms with van der Waals surface area (Å²) >= 11 is 12.0. The fourth-order valence-corrected chi connectivity index (χ4v) is 2.37. The van der Waals surface area contributed by atoms with Crippen LogP contribution < -0.4 is 4.74 Å². The fourth-order valence-electron chi connectivity index (χ4n) is 2.05. The molecule has 2 aromatic carbocycles. The van der Waals surface area contributed by atoms with Crippen LogP contribution in [0.25, 0.3) is 22.0 Å². The maximum Gasteiger partial charge on any atom is 0.159 e. The topological polar surface area (TPSA) is 35.0 Å². The zero-order valence-electron chi connectivity index (χ0n) is 10.6. The largest absolute Gasteiger partial charge is 0.497 e. The summed E-state index contributed by atoms with van der Waals surface area (Å²) in [5, 5.41) is 11.0. The molecule has 0 saturated heterocycles. The number of rotatable bonds is 2. The molecule has 1 heterocycles. The minimum Gasteiger partial charge on any atom is -0.497 e. The third-order valence-electron chi connectivity index (χ3n) is 3.06. The average molecular weight is 305 g/mol. The highest BCUT2D eigenvalue weighted by molar-refractivity contribution is 6.34. The van der Waals surface area contributed by atoms with Crippen molar-refractivity contribution < 1.29 is 4.74 Å². The summed E-state index contributed by atoms with van der Waals surface area (Å²) in [5.74, 6) is 0.731. The van der Waals surface area contributed by atoms with E-state index in [1.807, 2.05) is 42.5 Å². The second-order valence-corrected chi connectivity index (χ2v) is 5.05. The minimum absolute atomic E-state index is 0.358. The Morgan fingerprint density at radius 2 is 1.65 bits per heavy atom. The first-order valence-corrected chi connectivity index (χ1v) is 6.70. The van der Waals surface area contributed by atoms with Crippen molar-refractivity contribution in [1.82, 2.24) is 10.2 Å². The van der Waals surface area contributed by atoms with Gasteiger partial charge in [-0.2, -0.15) is 0 Å². The van der Waals surface area contributed by atoms with Crippen molar-refractivity contribution in [2.75, 3.05) is 7.11 Å². The van der Waals surface area contributed by atoms with Crippen molar-refractivity contribution in [1.29, 1.82) is 0 Å². The molecule has 0 bridgehead atoms. The Bertz CT molecular complexity index is 773. The highest BCUT2D eigenvalue weighted by Crippen LogP contribution is 2.32. The Hall–Kier alpha value is -1.84. The third kappa shape index (κ3) is 2.30. The van der Waals surface area contributed by atoms with Gasteiger partial charge < -0.3 is 4.74 Å². The number of halogens is 2. The van der Waals surface area contributed by atoms with Crippen LogP contribution in [-0.4, -0.2) is 17.3 Å². The van der Waals surface area contributed by atoms with Gasteiger partial charge in [0.2, 0.25) is 0 Å². The molecule has 0 amide bonds. The summed E-state index contributed by atoms with van der Waals surface area (Å²) in [6.07, 6.45) is 0. The van der Waals surface area contributed by atoms with Crippen LogP contribution in [0.15, 0.2) is 42.5 Å². The van der Waals surface area contributed by atoms with E-state index in [4.69, 9.17) is 27.9 Å². The monoisotopic (exact) mass is 304 g/mol. The first-order chi connectivity index (χ1) is 9.69. The Morgan fingerprint density at radius 3 is 2.35 bits per heavy atom. The molecule has 3 nitrogen and oxygen atoms in total. The maximum atomic E-state index is 6.12. The van der Waals surface area contributed by atoms with Gasteiger partial charge in [-0.25, -0.2) is 0 Å². The van der Waals surface area contributed by atoms with E-state index in [-0.39, 0.29) is 0 Å².